The van der Waals surface area contributed by atoms with Crippen LogP contribution in [-0.4, -0.2) is 25.7 Å². The first kappa shape index (κ1) is 15.0. The average Bonchev–Trinajstić information content (AvgIpc) is 3.14. The van der Waals surface area contributed by atoms with Gasteiger partial charge in [-0.15, -0.1) is 0 Å². The lowest BCUT2D eigenvalue weighted by molar-refractivity contribution is -0.385. The Kier molecular flexibility index (Phi) is 3.96. The van der Waals surface area contributed by atoms with Crippen LogP contribution in [-0.2, 0) is 17.8 Å². The van der Waals surface area contributed by atoms with E-state index in [-0.39, 0.29) is 36.4 Å². The second-order valence-corrected chi connectivity index (χ2v) is 5.47. The third-order valence-electron chi connectivity index (χ3n) is 3.98. The van der Waals surface area contributed by atoms with Gasteiger partial charge in [0.05, 0.1) is 11.0 Å². The molecule has 8 nitrogen and oxygen atoms in total. The quantitative estimate of drug-likeness (QED) is 0.644. The average molecular weight is 316 g/mol. The topological polar surface area (TPSA) is 110 Å². The molecule has 1 atom stereocenters. The van der Waals surface area contributed by atoms with Gasteiger partial charge in [0.25, 0.3) is 0 Å². The summed E-state index contributed by atoms with van der Waals surface area (Å²) in [6, 6.07) is 5.22. The number of aromatic nitrogens is 2. The molecule has 1 heterocycles. The van der Waals surface area contributed by atoms with Gasteiger partial charge in [0.15, 0.2) is 0 Å². The second kappa shape index (κ2) is 6.07. The number of aromatic hydroxyl groups is 1. The number of fused-ring (bicyclic) bond motifs is 1. The molecule has 0 bridgehead atoms. The van der Waals surface area contributed by atoms with Gasteiger partial charge >= 0.3 is 5.69 Å². The molecule has 2 N–H and O–H groups in total. The van der Waals surface area contributed by atoms with Crippen molar-refractivity contribution in [3.8, 4) is 5.75 Å². The first-order valence-corrected chi connectivity index (χ1v) is 7.31. The fourth-order valence-electron chi connectivity index (χ4n) is 2.84. The molecule has 3 rings (SSSR count). The summed E-state index contributed by atoms with van der Waals surface area (Å²) in [5, 5.41) is 27.2. The smallest absolute Gasteiger partial charge is 0.306 e. The van der Waals surface area contributed by atoms with E-state index < -0.39 is 4.92 Å². The molecule has 0 saturated carbocycles. The van der Waals surface area contributed by atoms with Crippen LogP contribution < -0.4 is 5.32 Å². The molecule has 1 aromatic carbocycles. The van der Waals surface area contributed by atoms with Gasteiger partial charge in [0, 0.05) is 13.0 Å². The van der Waals surface area contributed by atoms with Crippen molar-refractivity contribution in [3.63, 3.8) is 0 Å². The van der Waals surface area contributed by atoms with E-state index >= 15 is 0 Å². The molecule has 120 valence electrons. The van der Waals surface area contributed by atoms with Crippen LogP contribution in [0.15, 0.2) is 30.6 Å². The molecule has 0 fully saturated rings. The maximum absolute atomic E-state index is 12.1. The standard InChI is InChI=1S/C15H16N4O4/c20-14-3-1-2-11-12(14)4-5-13(11)17-15(21)6-7-18-9-10(8-16-18)19(22)23/h1-3,8-9,13,20H,4-7H2,(H,17,21)/t13-/m1/s1. The zero-order chi connectivity index (χ0) is 16.4. The highest BCUT2D eigenvalue weighted by Gasteiger charge is 2.25. The minimum Gasteiger partial charge on any atom is -0.508 e. The molecule has 23 heavy (non-hydrogen) atoms. The Morgan fingerprint density at radius 2 is 2.35 bits per heavy atom. The molecule has 1 aliphatic rings. The maximum atomic E-state index is 12.1. The molecule has 2 aromatic rings. The van der Waals surface area contributed by atoms with Crippen LogP contribution in [0.4, 0.5) is 5.69 Å². The number of carbonyl (C=O) groups is 1. The Bertz CT molecular complexity index is 756. The summed E-state index contributed by atoms with van der Waals surface area (Å²) in [6.45, 7) is 0.277. The lowest BCUT2D eigenvalue weighted by Crippen LogP contribution is -2.28. The van der Waals surface area contributed by atoms with Crippen molar-refractivity contribution in [2.75, 3.05) is 0 Å². The van der Waals surface area contributed by atoms with E-state index in [4.69, 9.17) is 0 Å². The molecule has 8 heteroatoms. The molecular formula is C15H16N4O4. The highest BCUT2D eigenvalue weighted by Crippen LogP contribution is 2.36. The largest absolute Gasteiger partial charge is 0.508 e. The lowest BCUT2D eigenvalue weighted by Gasteiger charge is -2.14. The predicted octanol–water partition coefficient (Wildman–Crippen LogP) is 1.69. The van der Waals surface area contributed by atoms with Gasteiger partial charge in [-0.05, 0) is 30.0 Å². The number of aryl methyl sites for hydroxylation is 1. The number of nitro groups is 1. The zero-order valence-electron chi connectivity index (χ0n) is 12.3. The summed E-state index contributed by atoms with van der Waals surface area (Å²) in [5.41, 5.74) is 1.75. The Hall–Kier alpha value is -2.90. The third kappa shape index (κ3) is 3.15. The summed E-state index contributed by atoms with van der Waals surface area (Å²) in [6.07, 6.45) is 4.14. The van der Waals surface area contributed by atoms with Gasteiger partial charge in [0.2, 0.25) is 5.91 Å². The molecule has 1 aromatic heterocycles. The van der Waals surface area contributed by atoms with E-state index in [0.717, 1.165) is 30.2 Å². The number of rotatable bonds is 5. The fourth-order valence-corrected chi connectivity index (χ4v) is 2.84. The van der Waals surface area contributed by atoms with Crippen molar-refractivity contribution >= 4 is 11.6 Å². The van der Waals surface area contributed by atoms with Crippen molar-refractivity contribution in [3.05, 3.63) is 51.8 Å². The molecule has 0 unspecified atom stereocenters. The van der Waals surface area contributed by atoms with E-state index in [1.807, 2.05) is 6.07 Å². The van der Waals surface area contributed by atoms with Gasteiger partial charge in [-0.1, -0.05) is 12.1 Å². The van der Waals surface area contributed by atoms with Gasteiger partial charge in [-0.25, -0.2) is 0 Å². The first-order valence-electron chi connectivity index (χ1n) is 7.31. The van der Waals surface area contributed by atoms with E-state index in [1.165, 1.54) is 10.9 Å². The van der Waals surface area contributed by atoms with E-state index in [2.05, 4.69) is 10.4 Å². The van der Waals surface area contributed by atoms with Crippen molar-refractivity contribution < 1.29 is 14.8 Å². The molecule has 0 saturated heterocycles. The minimum absolute atomic E-state index is 0.0920. The summed E-state index contributed by atoms with van der Waals surface area (Å²) < 4.78 is 1.38. The van der Waals surface area contributed by atoms with Gasteiger partial charge < -0.3 is 10.4 Å². The number of hydrogen-bond acceptors (Lipinski definition) is 5. The SMILES string of the molecule is O=C(CCn1cc([N+](=O)[O-])cn1)N[C@@H]1CCc2c(O)cccc21. The van der Waals surface area contributed by atoms with E-state index in [9.17, 15) is 20.0 Å². The number of phenolic OH excluding ortho intramolecular Hbond substituents is 1. The Morgan fingerprint density at radius 1 is 1.52 bits per heavy atom. The van der Waals surface area contributed by atoms with Crippen LogP contribution in [0.3, 0.4) is 0 Å². The Labute approximate surface area is 131 Å². The molecular weight excluding hydrogens is 300 g/mol. The molecule has 0 spiro atoms. The molecule has 1 aliphatic carbocycles. The monoisotopic (exact) mass is 316 g/mol. The summed E-state index contributed by atoms with van der Waals surface area (Å²) >= 11 is 0. The van der Waals surface area contributed by atoms with Crippen LogP contribution in [0, 0.1) is 10.1 Å². The molecule has 0 aliphatic heterocycles. The number of carbonyl (C=O) groups excluding carboxylic acids is 1. The molecule has 0 radical (unpaired) electrons. The van der Waals surface area contributed by atoms with Crippen molar-refractivity contribution in [1.82, 2.24) is 15.1 Å². The summed E-state index contributed by atoms with van der Waals surface area (Å²) in [5.74, 6) is 0.118. The van der Waals surface area contributed by atoms with Crippen LogP contribution in [0.25, 0.3) is 0 Å². The molecule has 1 amide bonds. The second-order valence-electron chi connectivity index (χ2n) is 5.47. The third-order valence-corrected chi connectivity index (χ3v) is 3.98. The minimum atomic E-state index is -0.522. The normalized spacial score (nSPS) is 16.1. The number of amides is 1. The summed E-state index contributed by atoms with van der Waals surface area (Å²) in [4.78, 5) is 22.1. The Balaban J connectivity index is 1.56. The van der Waals surface area contributed by atoms with Gasteiger partial charge in [-0.2, -0.15) is 5.10 Å². The van der Waals surface area contributed by atoms with E-state index in [1.54, 1.807) is 12.1 Å². The van der Waals surface area contributed by atoms with Crippen LogP contribution in [0.1, 0.15) is 30.0 Å². The van der Waals surface area contributed by atoms with E-state index in [0.29, 0.717) is 0 Å². The number of nitrogens with one attached hydrogen (secondary N) is 1. The van der Waals surface area contributed by atoms with Crippen LogP contribution in [0.2, 0.25) is 0 Å². The Morgan fingerprint density at radius 3 is 3.09 bits per heavy atom. The number of benzene rings is 1. The fraction of sp³-hybridized carbons (Fsp3) is 0.333. The van der Waals surface area contributed by atoms with Crippen molar-refractivity contribution in [1.29, 1.82) is 0 Å². The first-order chi connectivity index (χ1) is 11.0. The summed E-state index contributed by atoms with van der Waals surface area (Å²) in [7, 11) is 0. The van der Waals surface area contributed by atoms with Crippen molar-refractivity contribution in [2.24, 2.45) is 0 Å². The van der Waals surface area contributed by atoms with Gasteiger partial charge in [-0.3, -0.25) is 19.6 Å². The zero-order valence-corrected chi connectivity index (χ0v) is 12.3. The number of phenols is 1. The highest BCUT2D eigenvalue weighted by molar-refractivity contribution is 5.76. The maximum Gasteiger partial charge on any atom is 0.306 e. The lowest BCUT2D eigenvalue weighted by atomic mass is 10.1. The van der Waals surface area contributed by atoms with Crippen molar-refractivity contribution in [2.45, 2.75) is 31.8 Å². The van der Waals surface area contributed by atoms with Crippen LogP contribution >= 0.6 is 0 Å². The van der Waals surface area contributed by atoms with Crippen LogP contribution in [0.5, 0.6) is 5.75 Å². The highest BCUT2D eigenvalue weighted by atomic mass is 16.6. The number of nitrogens with zero attached hydrogens (tertiary/aromatic N) is 3. The van der Waals surface area contributed by atoms with Gasteiger partial charge in [0.1, 0.15) is 18.1 Å². The number of hydrogen-bond donors (Lipinski definition) is 2. The predicted molar refractivity (Wildman–Crippen MR) is 80.8 cm³/mol.